The Morgan fingerprint density at radius 2 is 2.00 bits per heavy atom. The predicted molar refractivity (Wildman–Crippen MR) is 68.9 cm³/mol. The summed E-state index contributed by atoms with van der Waals surface area (Å²) in [6.07, 6.45) is 5.89. The van der Waals surface area contributed by atoms with Crippen molar-refractivity contribution in [2.75, 3.05) is 7.11 Å². The van der Waals surface area contributed by atoms with E-state index in [1.807, 2.05) is 6.08 Å². The van der Waals surface area contributed by atoms with E-state index >= 15 is 0 Å². The third kappa shape index (κ3) is 1.41. The van der Waals surface area contributed by atoms with E-state index in [0.717, 1.165) is 6.42 Å². The Balaban J connectivity index is 2.08. The van der Waals surface area contributed by atoms with Crippen molar-refractivity contribution in [3.8, 4) is 0 Å². The van der Waals surface area contributed by atoms with E-state index in [9.17, 15) is 5.11 Å². The van der Waals surface area contributed by atoms with Crippen LogP contribution in [0.15, 0.2) is 12.2 Å². The molecule has 0 amide bonds. The van der Waals surface area contributed by atoms with Crippen LogP contribution in [0.3, 0.4) is 0 Å². The molecule has 0 bridgehead atoms. The molecular formula is C15H24O3. The van der Waals surface area contributed by atoms with Gasteiger partial charge in [0.15, 0.2) is 6.29 Å². The van der Waals surface area contributed by atoms with Crippen LogP contribution in [0.4, 0.5) is 0 Å². The fraction of sp³-hybridized carbons (Fsp3) is 0.867. The summed E-state index contributed by atoms with van der Waals surface area (Å²) < 4.78 is 11.5. The van der Waals surface area contributed by atoms with Crippen molar-refractivity contribution in [2.24, 2.45) is 22.7 Å². The van der Waals surface area contributed by atoms with Gasteiger partial charge in [-0.2, -0.15) is 0 Å². The summed E-state index contributed by atoms with van der Waals surface area (Å²) in [5, 5.41) is 10.3. The molecule has 2 aliphatic carbocycles. The smallest absolute Gasteiger partial charge is 0.163 e. The molecule has 0 aromatic rings. The van der Waals surface area contributed by atoms with E-state index in [1.165, 1.54) is 6.42 Å². The highest BCUT2D eigenvalue weighted by molar-refractivity contribution is 5.21. The molecule has 18 heavy (non-hydrogen) atoms. The standard InChI is InChI=1S/C15H24O3/c1-14(2)8-7-11-15(3)10(14)6-5-9(16)12(15)13(17-4)18-11/h5-6,9-13,16H,7-8H2,1-4H3/t9?,10-,11-,12-,13+,15+/m0/s1. The van der Waals surface area contributed by atoms with Gasteiger partial charge < -0.3 is 14.6 Å². The van der Waals surface area contributed by atoms with Crippen molar-refractivity contribution in [2.45, 2.75) is 52.1 Å². The molecule has 3 nitrogen and oxygen atoms in total. The molecule has 3 heteroatoms. The average molecular weight is 252 g/mol. The second-order valence-corrected chi connectivity index (χ2v) is 7.00. The molecule has 3 aliphatic rings. The van der Waals surface area contributed by atoms with Crippen LogP contribution >= 0.6 is 0 Å². The van der Waals surface area contributed by atoms with Gasteiger partial charge in [-0.05, 0) is 24.2 Å². The summed E-state index contributed by atoms with van der Waals surface area (Å²) >= 11 is 0. The minimum Gasteiger partial charge on any atom is -0.389 e. The highest BCUT2D eigenvalue weighted by Gasteiger charge is 2.64. The largest absolute Gasteiger partial charge is 0.389 e. The summed E-state index contributed by atoms with van der Waals surface area (Å²) in [7, 11) is 1.68. The van der Waals surface area contributed by atoms with Gasteiger partial charge in [0.05, 0.1) is 12.2 Å². The number of hydrogen-bond donors (Lipinski definition) is 1. The first-order valence-corrected chi connectivity index (χ1v) is 6.96. The van der Waals surface area contributed by atoms with Crippen LogP contribution in [-0.2, 0) is 9.47 Å². The van der Waals surface area contributed by atoms with Crippen LogP contribution in [0.25, 0.3) is 0 Å². The van der Waals surface area contributed by atoms with Gasteiger partial charge in [0, 0.05) is 18.4 Å². The van der Waals surface area contributed by atoms with Crippen molar-refractivity contribution in [3.05, 3.63) is 12.2 Å². The molecule has 6 atom stereocenters. The second-order valence-electron chi connectivity index (χ2n) is 7.00. The number of ether oxygens (including phenoxy) is 2. The summed E-state index contributed by atoms with van der Waals surface area (Å²) in [5.74, 6) is 0.513. The Labute approximate surface area is 109 Å². The van der Waals surface area contributed by atoms with Gasteiger partial charge in [0.2, 0.25) is 0 Å². The first kappa shape index (κ1) is 12.6. The number of methoxy groups -OCH3 is 1. The van der Waals surface area contributed by atoms with Crippen molar-refractivity contribution in [1.29, 1.82) is 0 Å². The molecule has 1 unspecified atom stereocenters. The number of hydrogen-bond acceptors (Lipinski definition) is 3. The lowest BCUT2D eigenvalue weighted by atomic mass is 9.49. The summed E-state index contributed by atoms with van der Waals surface area (Å²) in [6, 6.07) is 0. The summed E-state index contributed by atoms with van der Waals surface area (Å²) in [4.78, 5) is 0. The predicted octanol–water partition coefficient (Wildman–Crippen LogP) is 2.35. The van der Waals surface area contributed by atoms with E-state index in [4.69, 9.17) is 9.47 Å². The molecule has 0 aromatic heterocycles. The van der Waals surface area contributed by atoms with Gasteiger partial charge in [-0.3, -0.25) is 0 Å². The van der Waals surface area contributed by atoms with E-state index < -0.39 is 6.10 Å². The van der Waals surface area contributed by atoms with Crippen LogP contribution in [0.1, 0.15) is 33.6 Å². The normalized spacial score (nSPS) is 53.3. The first-order valence-electron chi connectivity index (χ1n) is 6.96. The lowest BCUT2D eigenvalue weighted by molar-refractivity contribution is -0.144. The van der Waals surface area contributed by atoms with E-state index in [2.05, 4.69) is 26.8 Å². The van der Waals surface area contributed by atoms with Crippen LogP contribution in [0, 0.1) is 22.7 Å². The average Bonchev–Trinajstić information content (AvgIpc) is 2.59. The van der Waals surface area contributed by atoms with Gasteiger partial charge in [-0.1, -0.05) is 32.9 Å². The Morgan fingerprint density at radius 3 is 2.67 bits per heavy atom. The Hall–Kier alpha value is -0.380. The van der Waals surface area contributed by atoms with E-state index in [-0.39, 0.29) is 29.1 Å². The molecule has 2 fully saturated rings. The fourth-order valence-corrected chi connectivity index (χ4v) is 4.73. The summed E-state index contributed by atoms with van der Waals surface area (Å²) in [5.41, 5.74) is 0.267. The van der Waals surface area contributed by atoms with Crippen LogP contribution < -0.4 is 0 Å². The maximum absolute atomic E-state index is 10.3. The quantitative estimate of drug-likeness (QED) is 0.728. The molecule has 1 heterocycles. The number of aliphatic hydroxyl groups is 1. The van der Waals surface area contributed by atoms with Crippen LogP contribution in [0.5, 0.6) is 0 Å². The molecule has 0 aromatic carbocycles. The third-order valence-electron chi connectivity index (χ3n) is 5.67. The van der Waals surface area contributed by atoms with Crippen LogP contribution in [-0.4, -0.2) is 30.7 Å². The first-order chi connectivity index (χ1) is 8.41. The monoisotopic (exact) mass is 252 g/mol. The zero-order valence-electron chi connectivity index (χ0n) is 11.7. The molecular weight excluding hydrogens is 228 g/mol. The maximum Gasteiger partial charge on any atom is 0.163 e. The maximum atomic E-state index is 10.3. The highest BCUT2D eigenvalue weighted by Crippen LogP contribution is 2.63. The molecule has 0 radical (unpaired) electrons. The van der Waals surface area contributed by atoms with Gasteiger partial charge in [-0.15, -0.1) is 0 Å². The molecule has 0 spiro atoms. The van der Waals surface area contributed by atoms with E-state index in [0.29, 0.717) is 5.92 Å². The van der Waals surface area contributed by atoms with Crippen molar-refractivity contribution in [1.82, 2.24) is 0 Å². The zero-order valence-corrected chi connectivity index (χ0v) is 11.7. The van der Waals surface area contributed by atoms with Crippen molar-refractivity contribution < 1.29 is 14.6 Å². The van der Waals surface area contributed by atoms with Gasteiger partial charge in [0.25, 0.3) is 0 Å². The Bertz CT molecular complexity index is 376. The van der Waals surface area contributed by atoms with Crippen molar-refractivity contribution in [3.63, 3.8) is 0 Å². The van der Waals surface area contributed by atoms with E-state index in [1.54, 1.807) is 7.11 Å². The molecule has 1 aliphatic heterocycles. The molecule has 102 valence electrons. The third-order valence-corrected chi connectivity index (χ3v) is 5.67. The SMILES string of the molecule is CO[C@@H]1O[C@H]2CCC(C)(C)[C@@H]3C=CC(O)[C@@H]1[C@@]23C. The number of allylic oxidation sites excluding steroid dienone is 1. The van der Waals surface area contributed by atoms with Gasteiger partial charge in [0.1, 0.15) is 0 Å². The molecule has 1 N–H and O–H groups in total. The topological polar surface area (TPSA) is 38.7 Å². The van der Waals surface area contributed by atoms with Crippen molar-refractivity contribution >= 4 is 0 Å². The van der Waals surface area contributed by atoms with Crippen LogP contribution in [0.2, 0.25) is 0 Å². The minimum atomic E-state index is -0.449. The second kappa shape index (κ2) is 3.81. The highest BCUT2D eigenvalue weighted by atomic mass is 16.7. The Kier molecular flexibility index (Phi) is 2.68. The summed E-state index contributed by atoms with van der Waals surface area (Å²) in [6.45, 7) is 6.94. The number of rotatable bonds is 1. The lowest BCUT2D eigenvalue weighted by Crippen LogP contribution is -2.55. The Morgan fingerprint density at radius 1 is 1.28 bits per heavy atom. The minimum absolute atomic E-state index is 0.00338. The zero-order chi connectivity index (χ0) is 13.1. The number of aliphatic hydroxyl groups excluding tert-OH is 1. The van der Waals surface area contributed by atoms with Gasteiger partial charge in [-0.25, -0.2) is 0 Å². The molecule has 3 rings (SSSR count). The lowest BCUT2D eigenvalue weighted by Gasteiger charge is -2.54. The molecule has 1 saturated carbocycles. The molecule has 1 saturated heterocycles. The van der Waals surface area contributed by atoms with Gasteiger partial charge >= 0.3 is 0 Å². The fourth-order valence-electron chi connectivity index (χ4n) is 4.73.